The summed E-state index contributed by atoms with van der Waals surface area (Å²) >= 11 is 0. The van der Waals surface area contributed by atoms with Gasteiger partial charge in [0.05, 0.1) is 6.04 Å². The summed E-state index contributed by atoms with van der Waals surface area (Å²) in [5, 5.41) is 2.79. The van der Waals surface area contributed by atoms with Gasteiger partial charge in [0, 0.05) is 0 Å². The van der Waals surface area contributed by atoms with Gasteiger partial charge in [-0.2, -0.15) is 0 Å². The molecule has 70 valence electrons. The van der Waals surface area contributed by atoms with Crippen molar-refractivity contribution in [3.63, 3.8) is 0 Å². The van der Waals surface area contributed by atoms with Crippen LogP contribution in [0.3, 0.4) is 0 Å². The fourth-order valence-corrected chi connectivity index (χ4v) is 1.37. The largest absolute Gasteiger partial charge is 0.368 e. The van der Waals surface area contributed by atoms with Gasteiger partial charge < -0.3 is 5.73 Å². The third-order valence-corrected chi connectivity index (χ3v) is 2.23. The predicted octanol–water partition coefficient (Wildman–Crippen LogP) is 0.463. The highest BCUT2D eigenvalue weighted by atomic mass is 31.0. The lowest BCUT2D eigenvalue weighted by molar-refractivity contribution is -0.119. The second-order valence-corrected chi connectivity index (χ2v) is 3.14. The second kappa shape index (κ2) is 4.95. The van der Waals surface area contributed by atoms with E-state index in [-0.39, 0.29) is 11.9 Å². The van der Waals surface area contributed by atoms with Crippen molar-refractivity contribution in [1.82, 2.24) is 5.09 Å². The van der Waals surface area contributed by atoms with Gasteiger partial charge >= 0.3 is 0 Å². The Labute approximate surface area is 80.0 Å². The molecule has 0 spiro atoms. The first-order chi connectivity index (χ1) is 6.24. The lowest BCUT2D eigenvalue weighted by atomic mass is 10.1. The maximum absolute atomic E-state index is 10.9. The van der Waals surface area contributed by atoms with E-state index in [2.05, 4.69) is 14.5 Å². The number of amides is 1. The molecule has 0 saturated heterocycles. The van der Waals surface area contributed by atoms with Gasteiger partial charge in [-0.25, -0.2) is 0 Å². The molecule has 1 aromatic rings. The molecule has 1 unspecified atom stereocenters. The highest BCUT2D eigenvalue weighted by molar-refractivity contribution is 7.13. The molecule has 0 fully saturated rings. The number of benzene rings is 1. The van der Waals surface area contributed by atoms with Gasteiger partial charge in [0.1, 0.15) is 0 Å². The molecular formula is C9H13N2OP. The molecule has 0 aliphatic rings. The molecule has 0 bridgehead atoms. The van der Waals surface area contributed by atoms with E-state index >= 15 is 0 Å². The topological polar surface area (TPSA) is 55.1 Å². The van der Waals surface area contributed by atoms with Crippen molar-refractivity contribution in [2.24, 2.45) is 5.73 Å². The average molecular weight is 196 g/mol. The zero-order valence-electron chi connectivity index (χ0n) is 7.23. The van der Waals surface area contributed by atoms with Crippen molar-refractivity contribution >= 4 is 15.3 Å². The lowest BCUT2D eigenvalue weighted by Crippen LogP contribution is -2.38. The fraction of sp³-hybridized carbons (Fsp3) is 0.222. The number of nitrogens with two attached hydrogens (primary N) is 1. The van der Waals surface area contributed by atoms with Gasteiger partial charge in [0.15, 0.2) is 0 Å². The molecule has 4 heteroatoms. The normalized spacial score (nSPS) is 12.4. The van der Waals surface area contributed by atoms with E-state index in [4.69, 9.17) is 5.73 Å². The van der Waals surface area contributed by atoms with Gasteiger partial charge in [-0.3, -0.25) is 9.88 Å². The summed E-state index contributed by atoms with van der Waals surface area (Å²) in [5.41, 5.74) is 6.28. The van der Waals surface area contributed by atoms with Crippen LogP contribution in [0.15, 0.2) is 30.3 Å². The monoisotopic (exact) mass is 196 g/mol. The first-order valence-corrected chi connectivity index (χ1v) is 4.61. The summed E-state index contributed by atoms with van der Waals surface area (Å²) < 4.78 is 0. The van der Waals surface area contributed by atoms with Crippen LogP contribution in [0.4, 0.5) is 0 Å². The number of hydrogen-bond acceptors (Lipinski definition) is 2. The minimum absolute atomic E-state index is 0.313. The average Bonchev–Trinajstić information content (AvgIpc) is 2.15. The van der Waals surface area contributed by atoms with E-state index in [0.717, 1.165) is 5.56 Å². The molecule has 13 heavy (non-hydrogen) atoms. The number of rotatable bonds is 4. The molecule has 0 aromatic heterocycles. The SMILES string of the molecule is NC(=O)[C@H](Cc1ccccc1)NP. The van der Waals surface area contributed by atoms with Crippen molar-refractivity contribution in [2.45, 2.75) is 12.5 Å². The van der Waals surface area contributed by atoms with Crippen LogP contribution in [0, 0.1) is 0 Å². The summed E-state index contributed by atoms with van der Waals surface area (Å²) in [6.07, 6.45) is 0.625. The predicted molar refractivity (Wildman–Crippen MR) is 56.0 cm³/mol. The number of hydrogen-bond donors (Lipinski definition) is 2. The first kappa shape index (κ1) is 10.2. The summed E-state index contributed by atoms with van der Waals surface area (Å²) in [7, 11) is 2.31. The molecular weight excluding hydrogens is 183 g/mol. The Bertz CT molecular complexity index is 276. The zero-order valence-corrected chi connectivity index (χ0v) is 8.39. The highest BCUT2D eigenvalue weighted by Gasteiger charge is 2.12. The molecule has 0 aliphatic heterocycles. The van der Waals surface area contributed by atoms with Crippen molar-refractivity contribution < 1.29 is 4.79 Å². The summed E-state index contributed by atoms with van der Waals surface area (Å²) in [4.78, 5) is 10.9. The third-order valence-electron chi connectivity index (χ3n) is 1.83. The minimum atomic E-state index is -0.334. The molecule has 1 rings (SSSR count). The van der Waals surface area contributed by atoms with Gasteiger partial charge in [-0.15, -0.1) is 0 Å². The van der Waals surface area contributed by atoms with E-state index in [9.17, 15) is 4.79 Å². The number of primary amides is 1. The molecule has 0 heterocycles. The van der Waals surface area contributed by atoms with Crippen LogP contribution in [0.25, 0.3) is 0 Å². The standard InChI is InChI=1S/C9H13N2OP/c10-9(12)8(11-13)6-7-4-2-1-3-5-7/h1-5,8,11H,6,13H2,(H2,10,12)/t8-/m0/s1. The Kier molecular flexibility index (Phi) is 3.87. The van der Waals surface area contributed by atoms with Crippen LogP contribution in [-0.4, -0.2) is 11.9 Å². The highest BCUT2D eigenvalue weighted by Crippen LogP contribution is 2.03. The van der Waals surface area contributed by atoms with Crippen LogP contribution >= 0.6 is 9.39 Å². The van der Waals surface area contributed by atoms with Crippen molar-refractivity contribution in [1.29, 1.82) is 0 Å². The van der Waals surface area contributed by atoms with E-state index in [0.29, 0.717) is 6.42 Å². The Morgan fingerprint density at radius 3 is 2.54 bits per heavy atom. The smallest absolute Gasteiger partial charge is 0.235 e. The molecule has 1 amide bonds. The second-order valence-electron chi connectivity index (χ2n) is 2.81. The maximum atomic E-state index is 10.9. The van der Waals surface area contributed by atoms with E-state index < -0.39 is 0 Å². The molecule has 1 aromatic carbocycles. The van der Waals surface area contributed by atoms with Crippen LogP contribution in [0.1, 0.15) is 5.56 Å². The van der Waals surface area contributed by atoms with Gasteiger partial charge in [0.2, 0.25) is 5.91 Å². The van der Waals surface area contributed by atoms with Gasteiger partial charge in [-0.05, 0) is 12.0 Å². The van der Waals surface area contributed by atoms with Crippen LogP contribution in [0.5, 0.6) is 0 Å². The molecule has 0 aliphatic carbocycles. The molecule has 3 nitrogen and oxygen atoms in total. The Hall–Kier alpha value is -0.920. The van der Waals surface area contributed by atoms with Crippen molar-refractivity contribution in [2.75, 3.05) is 0 Å². The molecule has 2 atom stereocenters. The van der Waals surface area contributed by atoms with E-state index in [1.165, 1.54) is 0 Å². The Balaban J connectivity index is 2.62. The maximum Gasteiger partial charge on any atom is 0.235 e. The quantitative estimate of drug-likeness (QED) is 0.687. The van der Waals surface area contributed by atoms with Crippen LogP contribution in [0.2, 0.25) is 0 Å². The summed E-state index contributed by atoms with van der Waals surface area (Å²) in [6, 6.07) is 9.45. The van der Waals surface area contributed by atoms with Crippen molar-refractivity contribution in [3.05, 3.63) is 35.9 Å². The Morgan fingerprint density at radius 1 is 1.46 bits per heavy atom. The van der Waals surface area contributed by atoms with E-state index in [1.807, 2.05) is 30.3 Å². The van der Waals surface area contributed by atoms with Gasteiger partial charge in [0.25, 0.3) is 0 Å². The number of carbonyl (C=O) groups excluding carboxylic acids is 1. The van der Waals surface area contributed by atoms with E-state index in [1.54, 1.807) is 0 Å². The third kappa shape index (κ3) is 3.13. The zero-order chi connectivity index (χ0) is 9.68. The molecule has 0 radical (unpaired) electrons. The lowest BCUT2D eigenvalue weighted by Gasteiger charge is -2.11. The summed E-state index contributed by atoms with van der Waals surface area (Å²) in [6.45, 7) is 0. The number of carbonyl (C=O) groups is 1. The molecule has 0 saturated carbocycles. The number of nitrogens with one attached hydrogen (secondary N) is 1. The van der Waals surface area contributed by atoms with Gasteiger partial charge in [-0.1, -0.05) is 39.7 Å². The first-order valence-electron chi connectivity index (χ1n) is 4.03. The Morgan fingerprint density at radius 2 is 2.08 bits per heavy atom. The summed E-state index contributed by atoms with van der Waals surface area (Å²) in [5.74, 6) is -0.334. The van der Waals surface area contributed by atoms with Crippen LogP contribution in [-0.2, 0) is 11.2 Å². The minimum Gasteiger partial charge on any atom is -0.368 e. The van der Waals surface area contributed by atoms with Crippen LogP contribution < -0.4 is 10.8 Å². The van der Waals surface area contributed by atoms with Crippen molar-refractivity contribution in [3.8, 4) is 0 Å². The molecule has 3 N–H and O–H groups in total. The fourth-order valence-electron chi connectivity index (χ4n) is 1.09.